The molecule has 0 saturated carbocycles. The molecule has 172 valence electrons. The minimum Gasteiger partial charge on any atom is -0.336 e. The van der Waals surface area contributed by atoms with Gasteiger partial charge in [0.1, 0.15) is 0 Å². The van der Waals surface area contributed by atoms with E-state index in [1.807, 2.05) is 17.8 Å². The Morgan fingerprint density at radius 2 is 1.88 bits per heavy atom. The summed E-state index contributed by atoms with van der Waals surface area (Å²) >= 11 is 1.36. The summed E-state index contributed by atoms with van der Waals surface area (Å²) in [6.07, 6.45) is 4.20. The number of sulfone groups is 1. The molecule has 2 fully saturated rings. The van der Waals surface area contributed by atoms with Crippen molar-refractivity contribution in [3.63, 3.8) is 0 Å². The minimum atomic E-state index is -2.91. The van der Waals surface area contributed by atoms with Crippen molar-refractivity contribution in [2.24, 2.45) is 7.05 Å². The maximum atomic E-state index is 12.8. The maximum Gasteiger partial charge on any atom is 0.253 e. The molecule has 2 aliphatic heterocycles. The third-order valence-corrected chi connectivity index (χ3v) is 8.66. The van der Waals surface area contributed by atoms with Gasteiger partial charge >= 0.3 is 0 Å². The maximum absolute atomic E-state index is 12.8. The lowest BCUT2D eigenvalue weighted by Crippen LogP contribution is -2.52. The Balaban J connectivity index is 1.25. The molecule has 0 spiro atoms. The van der Waals surface area contributed by atoms with Crippen molar-refractivity contribution in [1.82, 2.24) is 19.4 Å². The van der Waals surface area contributed by atoms with Crippen LogP contribution in [-0.4, -0.2) is 89.1 Å². The Morgan fingerprint density at radius 3 is 2.47 bits per heavy atom. The van der Waals surface area contributed by atoms with E-state index in [4.69, 9.17) is 0 Å². The number of carbonyl (C=O) groups is 2. The molecular weight excluding hydrogens is 450 g/mol. The normalized spacial score (nSPS) is 20.9. The minimum absolute atomic E-state index is 0.0492. The Labute approximate surface area is 192 Å². The fraction of sp³-hybridized carbons (Fsp3) is 0.476. The highest BCUT2D eigenvalue weighted by atomic mass is 32.2. The summed E-state index contributed by atoms with van der Waals surface area (Å²) in [4.78, 5) is 33.2. The molecule has 32 heavy (non-hydrogen) atoms. The Bertz CT molecular complexity index is 1080. The standard InChI is InChI=1S/C21H27N5O4S2/c1-24-8-7-22-21(24)31-14-19(27)23-17-4-2-16(3-5-17)20(28)26-11-9-25(10-12-26)18-6-13-32(29,30)15-18/h2-5,7-8,18H,6,9-15H2,1H3,(H,23,27). The van der Waals surface area contributed by atoms with E-state index >= 15 is 0 Å². The van der Waals surface area contributed by atoms with Crippen LogP contribution in [0.5, 0.6) is 0 Å². The molecule has 0 radical (unpaired) electrons. The zero-order valence-electron chi connectivity index (χ0n) is 17.9. The number of anilines is 1. The van der Waals surface area contributed by atoms with Crippen LogP contribution < -0.4 is 5.32 Å². The molecule has 9 nitrogen and oxygen atoms in total. The molecule has 0 bridgehead atoms. The fourth-order valence-electron chi connectivity index (χ4n) is 4.05. The fourth-order valence-corrected chi connectivity index (χ4v) is 6.54. The predicted octanol–water partition coefficient (Wildman–Crippen LogP) is 1.10. The number of nitrogens with one attached hydrogen (secondary N) is 1. The Hall–Kier alpha value is -2.37. The Kier molecular flexibility index (Phi) is 6.87. The number of thioether (sulfide) groups is 1. The summed E-state index contributed by atoms with van der Waals surface area (Å²) in [7, 11) is -1.03. The van der Waals surface area contributed by atoms with Crippen LogP contribution in [0, 0.1) is 0 Å². The van der Waals surface area contributed by atoms with E-state index in [2.05, 4.69) is 15.2 Å². The second-order valence-corrected chi connectivity index (χ2v) is 11.3. The number of hydrogen-bond donors (Lipinski definition) is 1. The highest BCUT2D eigenvalue weighted by Crippen LogP contribution is 2.20. The van der Waals surface area contributed by atoms with Gasteiger partial charge in [-0.25, -0.2) is 13.4 Å². The smallest absolute Gasteiger partial charge is 0.253 e. The second-order valence-electron chi connectivity index (χ2n) is 8.12. The van der Waals surface area contributed by atoms with Gasteiger partial charge in [-0.05, 0) is 30.7 Å². The number of nitrogens with zero attached hydrogens (tertiary/aromatic N) is 4. The number of carbonyl (C=O) groups excluding carboxylic acids is 2. The first-order valence-corrected chi connectivity index (χ1v) is 13.4. The van der Waals surface area contributed by atoms with Gasteiger partial charge in [0.25, 0.3) is 5.91 Å². The number of rotatable bonds is 6. The summed E-state index contributed by atoms with van der Waals surface area (Å²) in [6, 6.07) is 6.99. The van der Waals surface area contributed by atoms with Gasteiger partial charge in [-0.2, -0.15) is 0 Å². The molecule has 0 aliphatic carbocycles. The van der Waals surface area contributed by atoms with Gasteiger partial charge < -0.3 is 14.8 Å². The van der Waals surface area contributed by atoms with E-state index in [0.717, 1.165) is 5.16 Å². The summed E-state index contributed by atoms with van der Waals surface area (Å²) in [5.74, 6) is 0.558. The predicted molar refractivity (Wildman–Crippen MR) is 124 cm³/mol. The van der Waals surface area contributed by atoms with E-state index in [9.17, 15) is 18.0 Å². The second kappa shape index (κ2) is 9.63. The molecular formula is C21H27N5O4S2. The molecule has 2 aromatic rings. The van der Waals surface area contributed by atoms with Crippen LogP contribution in [0.15, 0.2) is 41.8 Å². The summed E-state index contributed by atoms with van der Waals surface area (Å²) < 4.78 is 25.3. The molecule has 4 rings (SSSR count). The average molecular weight is 478 g/mol. The molecule has 2 amide bonds. The quantitative estimate of drug-likeness (QED) is 0.621. The van der Waals surface area contributed by atoms with Gasteiger partial charge in [0.15, 0.2) is 15.0 Å². The van der Waals surface area contributed by atoms with E-state index in [1.54, 1.807) is 35.4 Å². The van der Waals surface area contributed by atoms with Crippen molar-refractivity contribution < 1.29 is 18.0 Å². The number of amides is 2. The molecule has 1 aromatic heterocycles. The van der Waals surface area contributed by atoms with Crippen LogP contribution in [0.3, 0.4) is 0 Å². The average Bonchev–Trinajstić information content (AvgIpc) is 3.36. The zero-order valence-corrected chi connectivity index (χ0v) is 19.6. The summed E-state index contributed by atoms with van der Waals surface area (Å²) in [5, 5.41) is 3.61. The van der Waals surface area contributed by atoms with Crippen LogP contribution in [0.1, 0.15) is 16.8 Å². The lowest BCUT2D eigenvalue weighted by molar-refractivity contribution is -0.113. The van der Waals surface area contributed by atoms with Gasteiger partial charge in [-0.15, -0.1) is 0 Å². The van der Waals surface area contributed by atoms with Crippen molar-refractivity contribution >= 4 is 39.1 Å². The molecule has 1 N–H and O–H groups in total. The third kappa shape index (κ3) is 5.51. The molecule has 2 saturated heterocycles. The molecule has 1 unspecified atom stereocenters. The molecule has 11 heteroatoms. The first-order chi connectivity index (χ1) is 15.3. The van der Waals surface area contributed by atoms with Crippen LogP contribution in [-0.2, 0) is 21.7 Å². The van der Waals surface area contributed by atoms with Crippen LogP contribution in [0.25, 0.3) is 0 Å². The number of benzene rings is 1. The summed E-state index contributed by atoms with van der Waals surface area (Å²) in [5.41, 5.74) is 1.21. The van der Waals surface area contributed by atoms with E-state index < -0.39 is 9.84 Å². The SMILES string of the molecule is Cn1ccnc1SCC(=O)Nc1ccc(C(=O)N2CCN(C3CCS(=O)(=O)C3)CC2)cc1. The summed E-state index contributed by atoms with van der Waals surface area (Å²) in [6.45, 7) is 2.54. The van der Waals surface area contributed by atoms with E-state index in [0.29, 0.717) is 43.9 Å². The van der Waals surface area contributed by atoms with Gasteiger partial charge in [0.05, 0.1) is 17.3 Å². The molecule has 2 aliphatic rings. The van der Waals surface area contributed by atoms with E-state index in [1.165, 1.54) is 11.8 Å². The van der Waals surface area contributed by atoms with Crippen LogP contribution in [0.4, 0.5) is 5.69 Å². The molecule has 1 aromatic carbocycles. The third-order valence-electron chi connectivity index (χ3n) is 5.85. The van der Waals surface area contributed by atoms with E-state index in [-0.39, 0.29) is 35.1 Å². The lowest BCUT2D eigenvalue weighted by Gasteiger charge is -2.37. The van der Waals surface area contributed by atoms with Gasteiger partial charge in [-0.1, -0.05) is 11.8 Å². The van der Waals surface area contributed by atoms with Crippen LogP contribution >= 0.6 is 11.8 Å². The van der Waals surface area contributed by atoms with Crippen molar-refractivity contribution in [1.29, 1.82) is 0 Å². The number of piperazine rings is 1. The van der Waals surface area contributed by atoms with Crippen molar-refractivity contribution in [3.05, 3.63) is 42.2 Å². The lowest BCUT2D eigenvalue weighted by atomic mass is 10.1. The monoisotopic (exact) mass is 477 g/mol. The first kappa shape index (κ1) is 22.8. The largest absolute Gasteiger partial charge is 0.336 e. The number of aryl methyl sites for hydroxylation is 1. The van der Waals surface area contributed by atoms with Gasteiger partial charge in [-0.3, -0.25) is 14.5 Å². The molecule has 3 heterocycles. The van der Waals surface area contributed by atoms with Crippen molar-refractivity contribution in [2.45, 2.75) is 17.6 Å². The number of hydrogen-bond acceptors (Lipinski definition) is 7. The zero-order chi connectivity index (χ0) is 22.7. The highest BCUT2D eigenvalue weighted by Gasteiger charge is 2.34. The first-order valence-electron chi connectivity index (χ1n) is 10.5. The van der Waals surface area contributed by atoms with Crippen molar-refractivity contribution in [2.75, 3.05) is 48.8 Å². The number of aromatic nitrogens is 2. The van der Waals surface area contributed by atoms with Crippen LogP contribution in [0.2, 0.25) is 0 Å². The van der Waals surface area contributed by atoms with Gasteiger partial charge in [0.2, 0.25) is 5.91 Å². The highest BCUT2D eigenvalue weighted by molar-refractivity contribution is 7.99. The van der Waals surface area contributed by atoms with Gasteiger partial charge in [0, 0.05) is 62.9 Å². The van der Waals surface area contributed by atoms with Crippen molar-refractivity contribution in [3.8, 4) is 0 Å². The Morgan fingerprint density at radius 1 is 1.16 bits per heavy atom. The topological polar surface area (TPSA) is 105 Å². The number of imidazole rings is 1. The molecule has 1 atom stereocenters.